The molecule has 0 atom stereocenters. The van der Waals surface area contributed by atoms with Gasteiger partial charge < -0.3 is 4.98 Å². The molecule has 76 valence electrons. The summed E-state index contributed by atoms with van der Waals surface area (Å²) in [5.74, 6) is -0.495. The molecule has 0 aliphatic heterocycles. The summed E-state index contributed by atoms with van der Waals surface area (Å²) in [6.07, 6.45) is 1.29. The number of nitrogens with zero attached hydrogens (tertiary/aromatic N) is 1. The fourth-order valence-electron chi connectivity index (χ4n) is 1.18. The molecule has 2 rings (SSSR count). The zero-order chi connectivity index (χ0) is 10.8. The summed E-state index contributed by atoms with van der Waals surface area (Å²) in [5, 5.41) is 0.00887. The maximum Gasteiger partial charge on any atom is 0.251 e. The standard InChI is InChI=1S/C10H6ClFN2O/c11-7-3-6(1-2-8(7)12)9-4-10(15)14-5-13-9/h1-5H,(H,13,14,15). The molecule has 0 saturated heterocycles. The third-order valence-corrected chi connectivity index (χ3v) is 2.18. The maximum atomic E-state index is 12.9. The van der Waals surface area contributed by atoms with Gasteiger partial charge in [-0.2, -0.15) is 0 Å². The highest BCUT2D eigenvalue weighted by Crippen LogP contribution is 2.22. The van der Waals surface area contributed by atoms with Crippen molar-refractivity contribution in [2.24, 2.45) is 0 Å². The van der Waals surface area contributed by atoms with Gasteiger partial charge in [-0.25, -0.2) is 9.37 Å². The quantitative estimate of drug-likeness (QED) is 0.808. The van der Waals surface area contributed by atoms with Gasteiger partial charge in [-0.3, -0.25) is 4.79 Å². The molecule has 0 aliphatic rings. The summed E-state index contributed by atoms with van der Waals surface area (Å²) >= 11 is 5.61. The zero-order valence-corrected chi connectivity index (χ0v) is 8.25. The second-order valence-corrected chi connectivity index (χ2v) is 3.33. The van der Waals surface area contributed by atoms with Crippen molar-refractivity contribution in [3.8, 4) is 11.3 Å². The lowest BCUT2D eigenvalue weighted by Crippen LogP contribution is -2.04. The highest BCUT2D eigenvalue weighted by molar-refractivity contribution is 6.31. The van der Waals surface area contributed by atoms with E-state index in [1.807, 2.05) is 0 Å². The Balaban J connectivity index is 2.55. The monoisotopic (exact) mass is 224 g/mol. The molecule has 3 nitrogen and oxygen atoms in total. The number of H-pyrrole nitrogens is 1. The molecule has 1 heterocycles. The van der Waals surface area contributed by atoms with Crippen molar-refractivity contribution in [1.82, 2.24) is 9.97 Å². The van der Waals surface area contributed by atoms with E-state index in [4.69, 9.17) is 11.6 Å². The van der Waals surface area contributed by atoms with Gasteiger partial charge in [-0.1, -0.05) is 11.6 Å². The molecule has 0 fully saturated rings. The van der Waals surface area contributed by atoms with Crippen LogP contribution >= 0.6 is 11.6 Å². The van der Waals surface area contributed by atoms with Crippen LogP contribution < -0.4 is 5.56 Å². The Hall–Kier alpha value is -1.68. The molecule has 0 unspecified atom stereocenters. The Morgan fingerprint density at radius 3 is 2.80 bits per heavy atom. The first kappa shape index (κ1) is 9.86. The van der Waals surface area contributed by atoms with Crippen molar-refractivity contribution in [2.75, 3.05) is 0 Å². The van der Waals surface area contributed by atoms with Gasteiger partial charge in [0.1, 0.15) is 5.82 Å². The number of rotatable bonds is 1. The normalized spacial score (nSPS) is 10.3. The first-order valence-electron chi connectivity index (χ1n) is 4.17. The Labute approximate surface area is 89.6 Å². The van der Waals surface area contributed by atoms with E-state index < -0.39 is 5.82 Å². The topological polar surface area (TPSA) is 45.8 Å². The van der Waals surface area contributed by atoms with Crippen LogP contribution in [0.5, 0.6) is 0 Å². The highest BCUT2D eigenvalue weighted by Gasteiger charge is 2.04. The molecule has 0 aliphatic carbocycles. The molecular weight excluding hydrogens is 219 g/mol. The van der Waals surface area contributed by atoms with Crippen molar-refractivity contribution in [3.05, 3.63) is 51.8 Å². The average molecular weight is 225 g/mol. The van der Waals surface area contributed by atoms with Crippen LogP contribution in [0.25, 0.3) is 11.3 Å². The number of nitrogens with one attached hydrogen (secondary N) is 1. The summed E-state index contributed by atoms with van der Waals surface area (Å²) in [6.45, 7) is 0. The van der Waals surface area contributed by atoms with Crippen LogP contribution in [0, 0.1) is 5.82 Å². The lowest BCUT2D eigenvalue weighted by molar-refractivity contribution is 0.628. The third kappa shape index (κ3) is 2.05. The molecule has 15 heavy (non-hydrogen) atoms. The minimum absolute atomic E-state index is 0.00887. The van der Waals surface area contributed by atoms with E-state index in [0.717, 1.165) is 0 Å². The van der Waals surface area contributed by atoms with Crippen molar-refractivity contribution in [1.29, 1.82) is 0 Å². The van der Waals surface area contributed by atoms with E-state index in [-0.39, 0.29) is 10.6 Å². The maximum absolute atomic E-state index is 12.9. The Kier molecular flexibility index (Phi) is 2.51. The van der Waals surface area contributed by atoms with E-state index in [2.05, 4.69) is 9.97 Å². The molecule has 0 bridgehead atoms. The minimum Gasteiger partial charge on any atom is -0.313 e. The number of hydrogen-bond acceptors (Lipinski definition) is 2. The van der Waals surface area contributed by atoms with Gasteiger partial charge in [-0.05, 0) is 18.2 Å². The van der Waals surface area contributed by atoms with Crippen LogP contribution in [-0.4, -0.2) is 9.97 Å². The molecule has 1 N–H and O–H groups in total. The third-order valence-electron chi connectivity index (χ3n) is 1.89. The second kappa shape index (κ2) is 3.82. The van der Waals surface area contributed by atoms with Crippen LogP contribution in [-0.2, 0) is 0 Å². The van der Waals surface area contributed by atoms with Gasteiger partial charge in [0, 0.05) is 11.6 Å². The van der Waals surface area contributed by atoms with E-state index in [9.17, 15) is 9.18 Å². The predicted molar refractivity (Wildman–Crippen MR) is 55.3 cm³/mol. The van der Waals surface area contributed by atoms with E-state index in [1.165, 1.54) is 30.6 Å². The summed E-state index contributed by atoms with van der Waals surface area (Å²) in [4.78, 5) is 17.4. The van der Waals surface area contributed by atoms with Crippen molar-refractivity contribution in [2.45, 2.75) is 0 Å². The van der Waals surface area contributed by atoms with E-state index >= 15 is 0 Å². The number of aromatic amines is 1. The second-order valence-electron chi connectivity index (χ2n) is 2.93. The SMILES string of the molecule is O=c1cc(-c2ccc(F)c(Cl)c2)nc[nH]1. The van der Waals surface area contributed by atoms with Gasteiger partial charge in [0.2, 0.25) is 0 Å². The number of hydrogen-bond donors (Lipinski definition) is 1. The first-order valence-corrected chi connectivity index (χ1v) is 4.55. The van der Waals surface area contributed by atoms with Gasteiger partial charge in [-0.15, -0.1) is 0 Å². The predicted octanol–water partition coefficient (Wildman–Crippen LogP) is 2.23. The van der Waals surface area contributed by atoms with Crippen molar-refractivity contribution < 1.29 is 4.39 Å². The lowest BCUT2D eigenvalue weighted by Gasteiger charge is -2.00. The average Bonchev–Trinajstić information content (AvgIpc) is 2.22. The van der Waals surface area contributed by atoms with Gasteiger partial charge >= 0.3 is 0 Å². The van der Waals surface area contributed by atoms with Gasteiger partial charge in [0.05, 0.1) is 17.0 Å². The van der Waals surface area contributed by atoms with Gasteiger partial charge in [0.15, 0.2) is 0 Å². The zero-order valence-electron chi connectivity index (χ0n) is 7.50. The molecule has 1 aromatic heterocycles. The fraction of sp³-hybridized carbons (Fsp3) is 0. The Morgan fingerprint density at radius 2 is 2.13 bits per heavy atom. The van der Waals surface area contributed by atoms with Crippen LogP contribution in [0.15, 0.2) is 35.4 Å². The lowest BCUT2D eigenvalue weighted by atomic mass is 10.1. The van der Waals surface area contributed by atoms with Crippen LogP contribution in [0.3, 0.4) is 0 Å². The van der Waals surface area contributed by atoms with Crippen LogP contribution in [0.4, 0.5) is 4.39 Å². The summed E-state index contributed by atoms with van der Waals surface area (Å²) in [6, 6.07) is 5.51. The largest absolute Gasteiger partial charge is 0.313 e. The van der Waals surface area contributed by atoms with E-state index in [0.29, 0.717) is 11.3 Å². The molecule has 5 heteroatoms. The number of aromatic nitrogens is 2. The van der Waals surface area contributed by atoms with E-state index in [1.54, 1.807) is 0 Å². The molecule has 0 radical (unpaired) electrons. The van der Waals surface area contributed by atoms with Crippen molar-refractivity contribution in [3.63, 3.8) is 0 Å². The number of benzene rings is 1. The fourth-order valence-corrected chi connectivity index (χ4v) is 1.36. The molecule has 0 amide bonds. The Morgan fingerprint density at radius 1 is 1.33 bits per heavy atom. The molecular formula is C10H6ClFN2O. The number of halogens is 2. The first-order chi connectivity index (χ1) is 7.16. The molecule has 1 aromatic carbocycles. The molecule has 2 aromatic rings. The smallest absolute Gasteiger partial charge is 0.251 e. The van der Waals surface area contributed by atoms with Gasteiger partial charge in [0.25, 0.3) is 5.56 Å². The summed E-state index contributed by atoms with van der Waals surface area (Å²) < 4.78 is 12.9. The molecule has 0 spiro atoms. The van der Waals surface area contributed by atoms with Crippen LogP contribution in [0.1, 0.15) is 0 Å². The van der Waals surface area contributed by atoms with Crippen LogP contribution in [0.2, 0.25) is 5.02 Å². The minimum atomic E-state index is -0.495. The molecule has 0 saturated carbocycles. The summed E-state index contributed by atoms with van der Waals surface area (Å²) in [5.41, 5.74) is 0.800. The highest BCUT2D eigenvalue weighted by atomic mass is 35.5. The van der Waals surface area contributed by atoms with Crippen molar-refractivity contribution >= 4 is 11.6 Å². The summed E-state index contributed by atoms with van der Waals surface area (Å²) in [7, 11) is 0. The Bertz CT molecular complexity index is 553.